The molecule has 3 rings (SSSR count). The Kier molecular flexibility index (Phi) is 3.62. The number of hydrogen-bond donors (Lipinski definition) is 1. The quantitative estimate of drug-likeness (QED) is 0.917. The van der Waals surface area contributed by atoms with Crippen molar-refractivity contribution < 1.29 is 0 Å². The summed E-state index contributed by atoms with van der Waals surface area (Å²) in [6, 6.07) is 0. The van der Waals surface area contributed by atoms with E-state index in [2.05, 4.69) is 27.2 Å². The van der Waals surface area contributed by atoms with E-state index in [1.54, 1.807) is 6.33 Å². The molecule has 0 atom stereocenters. The topological polar surface area (TPSA) is 55.6 Å². The Morgan fingerprint density at radius 3 is 2.84 bits per heavy atom. The molecule has 5 heteroatoms. The van der Waals surface area contributed by atoms with Gasteiger partial charge >= 0.3 is 0 Å². The van der Waals surface area contributed by atoms with Gasteiger partial charge in [0.2, 0.25) is 0 Å². The Morgan fingerprint density at radius 1 is 1.21 bits per heavy atom. The fourth-order valence-corrected chi connectivity index (χ4v) is 2.87. The zero-order valence-corrected chi connectivity index (χ0v) is 11.5. The maximum Gasteiger partial charge on any atom is 0.165 e. The average Bonchev–Trinajstić information content (AvgIpc) is 2.90. The summed E-state index contributed by atoms with van der Waals surface area (Å²) >= 11 is 0. The van der Waals surface area contributed by atoms with Gasteiger partial charge in [-0.25, -0.2) is 15.0 Å². The third-order valence-corrected chi connectivity index (χ3v) is 4.02. The highest BCUT2D eigenvalue weighted by Gasteiger charge is 2.15. The first kappa shape index (κ1) is 12.4. The Bertz CT molecular complexity index is 542. The molecular weight excluding hydrogens is 238 g/mol. The summed E-state index contributed by atoms with van der Waals surface area (Å²) in [5.74, 6) is 1.66. The fourth-order valence-electron chi connectivity index (χ4n) is 2.87. The first-order valence-electron chi connectivity index (χ1n) is 7.28. The number of aryl methyl sites for hydroxylation is 1. The van der Waals surface area contributed by atoms with E-state index < -0.39 is 0 Å². The van der Waals surface area contributed by atoms with Gasteiger partial charge in [0.1, 0.15) is 11.8 Å². The number of nitrogens with zero attached hydrogens (tertiary/aromatic N) is 4. The molecule has 0 aliphatic heterocycles. The van der Waals surface area contributed by atoms with E-state index in [0.29, 0.717) is 0 Å². The first-order chi connectivity index (χ1) is 9.38. The Labute approximate surface area is 113 Å². The predicted molar refractivity (Wildman–Crippen MR) is 76.1 cm³/mol. The molecule has 0 aromatic carbocycles. The molecule has 0 saturated heterocycles. The van der Waals surface area contributed by atoms with Gasteiger partial charge in [-0.05, 0) is 25.7 Å². The maximum absolute atomic E-state index is 4.43. The van der Waals surface area contributed by atoms with Crippen LogP contribution in [-0.4, -0.2) is 26.1 Å². The van der Waals surface area contributed by atoms with Crippen LogP contribution in [0.5, 0.6) is 0 Å². The third-order valence-electron chi connectivity index (χ3n) is 4.02. The van der Waals surface area contributed by atoms with Gasteiger partial charge in [-0.2, -0.15) is 0 Å². The lowest BCUT2D eigenvalue weighted by molar-refractivity contribution is 0.373. The molecule has 1 saturated carbocycles. The van der Waals surface area contributed by atoms with Crippen LogP contribution in [0.3, 0.4) is 0 Å². The van der Waals surface area contributed by atoms with Gasteiger partial charge < -0.3 is 9.88 Å². The molecule has 0 unspecified atom stereocenters. The normalized spacial score (nSPS) is 16.9. The van der Waals surface area contributed by atoms with Crippen LogP contribution in [0.25, 0.3) is 11.2 Å². The number of imidazole rings is 1. The minimum Gasteiger partial charge on any atom is -0.368 e. The minimum absolute atomic E-state index is 0.784. The second-order valence-corrected chi connectivity index (χ2v) is 5.31. The number of aromatic nitrogens is 4. The van der Waals surface area contributed by atoms with E-state index in [1.807, 2.05) is 10.9 Å². The fraction of sp³-hybridized carbons (Fsp3) is 0.643. The van der Waals surface area contributed by atoms with Crippen LogP contribution in [0, 0.1) is 5.92 Å². The van der Waals surface area contributed by atoms with E-state index in [0.717, 1.165) is 36.0 Å². The molecule has 2 aromatic rings. The minimum atomic E-state index is 0.784. The molecule has 0 spiro atoms. The Hall–Kier alpha value is -1.65. The highest BCUT2D eigenvalue weighted by molar-refractivity contribution is 5.82. The van der Waals surface area contributed by atoms with Crippen molar-refractivity contribution in [3.8, 4) is 0 Å². The predicted octanol–water partition coefficient (Wildman–Crippen LogP) is 2.84. The van der Waals surface area contributed by atoms with Gasteiger partial charge in [-0.3, -0.25) is 0 Å². The number of hydrogen-bond acceptors (Lipinski definition) is 4. The van der Waals surface area contributed by atoms with Crippen molar-refractivity contribution in [1.29, 1.82) is 0 Å². The lowest BCUT2D eigenvalue weighted by Gasteiger charge is -2.21. The van der Waals surface area contributed by atoms with Crippen LogP contribution in [0.2, 0.25) is 0 Å². The van der Waals surface area contributed by atoms with Crippen LogP contribution in [0.15, 0.2) is 12.7 Å². The van der Waals surface area contributed by atoms with Gasteiger partial charge in [0.05, 0.1) is 6.33 Å². The van der Waals surface area contributed by atoms with Gasteiger partial charge in [0.25, 0.3) is 0 Å². The summed E-state index contributed by atoms with van der Waals surface area (Å²) in [6.45, 7) is 3.99. The second-order valence-electron chi connectivity index (χ2n) is 5.31. The zero-order chi connectivity index (χ0) is 13.1. The molecule has 1 aliphatic carbocycles. The Morgan fingerprint density at radius 2 is 2.05 bits per heavy atom. The number of anilines is 1. The highest BCUT2D eigenvalue weighted by Crippen LogP contribution is 2.24. The Balaban J connectivity index is 1.75. The second kappa shape index (κ2) is 5.55. The van der Waals surface area contributed by atoms with Crippen molar-refractivity contribution in [2.75, 3.05) is 11.9 Å². The molecule has 102 valence electrons. The van der Waals surface area contributed by atoms with Crippen molar-refractivity contribution >= 4 is 17.0 Å². The van der Waals surface area contributed by atoms with Crippen molar-refractivity contribution in [2.24, 2.45) is 5.92 Å². The van der Waals surface area contributed by atoms with E-state index >= 15 is 0 Å². The van der Waals surface area contributed by atoms with Crippen molar-refractivity contribution in [2.45, 2.75) is 45.6 Å². The molecule has 19 heavy (non-hydrogen) atoms. The van der Waals surface area contributed by atoms with Gasteiger partial charge in [-0.15, -0.1) is 0 Å². The molecule has 1 fully saturated rings. The molecule has 2 heterocycles. The highest BCUT2D eigenvalue weighted by atomic mass is 15.1. The van der Waals surface area contributed by atoms with Crippen molar-refractivity contribution in [3.05, 3.63) is 12.7 Å². The number of nitrogens with one attached hydrogen (secondary N) is 1. The van der Waals surface area contributed by atoms with Crippen molar-refractivity contribution in [1.82, 2.24) is 19.5 Å². The zero-order valence-electron chi connectivity index (χ0n) is 11.5. The largest absolute Gasteiger partial charge is 0.368 e. The molecule has 1 N–H and O–H groups in total. The average molecular weight is 259 g/mol. The van der Waals surface area contributed by atoms with Crippen LogP contribution in [-0.2, 0) is 6.54 Å². The summed E-state index contributed by atoms with van der Waals surface area (Å²) in [4.78, 5) is 13.1. The molecule has 5 nitrogen and oxygen atoms in total. The van der Waals surface area contributed by atoms with E-state index in [1.165, 1.54) is 32.1 Å². The summed E-state index contributed by atoms with van der Waals surface area (Å²) < 4.78 is 2.04. The van der Waals surface area contributed by atoms with Crippen LogP contribution in [0.4, 0.5) is 5.82 Å². The van der Waals surface area contributed by atoms with E-state index in [4.69, 9.17) is 0 Å². The molecule has 0 amide bonds. The SMILES string of the molecule is CCn1cnc2c(NCC3CCCCC3)ncnc21. The van der Waals surface area contributed by atoms with E-state index in [-0.39, 0.29) is 0 Å². The lowest BCUT2D eigenvalue weighted by Crippen LogP contribution is -2.17. The van der Waals surface area contributed by atoms with Crippen LogP contribution < -0.4 is 5.32 Å². The first-order valence-corrected chi connectivity index (χ1v) is 7.28. The molecular formula is C14H21N5. The standard InChI is InChI=1S/C14H21N5/c1-2-19-10-18-12-13(16-9-17-14(12)19)15-8-11-6-4-3-5-7-11/h9-11H,2-8H2,1H3,(H,15,16,17). The van der Waals surface area contributed by atoms with Crippen LogP contribution in [0.1, 0.15) is 39.0 Å². The lowest BCUT2D eigenvalue weighted by atomic mass is 9.89. The summed E-state index contributed by atoms with van der Waals surface area (Å²) in [6.07, 6.45) is 10.3. The van der Waals surface area contributed by atoms with E-state index in [9.17, 15) is 0 Å². The molecule has 0 radical (unpaired) electrons. The summed E-state index contributed by atoms with van der Waals surface area (Å²) in [7, 11) is 0. The third kappa shape index (κ3) is 2.55. The molecule has 0 bridgehead atoms. The van der Waals surface area contributed by atoms with Crippen LogP contribution >= 0.6 is 0 Å². The number of rotatable bonds is 4. The summed E-state index contributed by atoms with van der Waals surface area (Å²) in [5.41, 5.74) is 1.81. The van der Waals surface area contributed by atoms with Crippen molar-refractivity contribution in [3.63, 3.8) is 0 Å². The maximum atomic E-state index is 4.43. The molecule has 1 aliphatic rings. The summed E-state index contributed by atoms with van der Waals surface area (Å²) in [5, 5.41) is 3.47. The smallest absolute Gasteiger partial charge is 0.165 e. The number of fused-ring (bicyclic) bond motifs is 1. The van der Waals surface area contributed by atoms with Gasteiger partial charge in [0, 0.05) is 13.1 Å². The van der Waals surface area contributed by atoms with Gasteiger partial charge in [0.15, 0.2) is 11.5 Å². The monoisotopic (exact) mass is 259 g/mol. The van der Waals surface area contributed by atoms with Gasteiger partial charge in [-0.1, -0.05) is 19.3 Å². The molecule has 2 aromatic heterocycles.